The first kappa shape index (κ1) is 15.3. The number of hydrogen-bond acceptors (Lipinski definition) is 4. The van der Waals surface area contributed by atoms with Gasteiger partial charge in [-0.3, -0.25) is 14.5 Å². The van der Waals surface area contributed by atoms with Crippen molar-refractivity contribution in [1.29, 1.82) is 0 Å². The largest absolute Gasteiger partial charge is 0.468 e. The fourth-order valence-corrected chi connectivity index (χ4v) is 3.30. The Kier molecular flexibility index (Phi) is 5.83. The fourth-order valence-electron chi connectivity index (χ4n) is 3.30. The normalized spacial score (nSPS) is 25.1. The Bertz CT molecular complexity index is 338. The van der Waals surface area contributed by atoms with E-state index in [0.717, 1.165) is 32.2 Å². The molecule has 5 heteroatoms. The number of carbonyl (C=O) groups excluding carboxylic acids is 2. The summed E-state index contributed by atoms with van der Waals surface area (Å²) in [7, 11) is 1.41. The number of likely N-dealkylation sites (tertiary alicyclic amines) is 1. The van der Waals surface area contributed by atoms with Crippen molar-refractivity contribution in [2.24, 2.45) is 0 Å². The minimum atomic E-state index is -0.236. The van der Waals surface area contributed by atoms with Crippen LogP contribution in [0.3, 0.4) is 0 Å². The smallest absolute Gasteiger partial charge is 0.323 e. The number of esters is 1. The molecule has 1 aliphatic heterocycles. The average Bonchev–Trinajstić information content (AvgIpc) is 2.73. The van der Waals surface area contributed by atoms with Crippen LogP contribution in [-0.2, 0) is 14.3 Å². The number of ether oxygens (including phenoxy) is 1. The third-order valence-corrected chi connectivity index (χ3v) is 4.40. The predicted molar refractivity (Wildman–Crippen MR) is 76.2 cm³/mol. The van der Waals surface area contributed by atoms with E-state index in [0.29, 0.717) is 12.6 Å². The fraction of sp³-hybridized carbons (Fsp3) is 0.867. The molecule has 20 heavy (non-hydrogen) atoms. The molecule has 114 valence electrons. The van der Waals surface area contributed by atoms with E-state index in [1.807, 2.05) is 4.90 Å². The van der Waals surface area contributed by atoms with Gasteiger partial charge < -0.3 is 10.1 Å². The molecule has 1 aliphatic carbocycles. The van der Waals surface area contributed by atoms with E-state index < -0.39 is 0 Å². The van der Waals surface area contributed by atoms with Gasteiger partial charge in [0.25, 0.3) is 0 Å². The van der Waals surface area contributed by atoms with E-state index in [1.165, 1.54) is 32.8 Å². The molecule has 0 aromatic heterocycles. The SMILES string of the molecule is COC(=O)C1CCCN1CC(=O)NC1CCCCCC1. The first-order valence-electron chi connectivity index (χ1n) is 7.82. The minimum Gasteiger partial charge on any atom is -0.468 e. The van der Waals surface area contributed by atoms with Crippen molar-refractivity contribution >= 4 is 11.9 Å². The molecule has 0 aromatic carbocycles. The van der Waals surface area contributed by atoms with E-state index in [4.69, 9.17) is 4.74 Å². The van der Waals surface area contributed by atoms with Crippen molar-refractivity contribution in [3.8, 4) is 0 Å². The first-order chi connectivity index (χ1) is 9.70. The van der Waals surface area contributed by atoms with Gasteiger partial charge in [-0.1, -0.05) is 25.7 Å². The zero-order valence-electron chi connectivity index (χ0n) is 12.4. The lowest BCUT2D eigenvalue weighted by Gasteiger charge is -2.23. The second kappa shape index (κ2) is 7.62. The number of nitrogens with zero attached hydrogens (tertiary/aromatic N) is 1. The lowest BCUT2D eigenvalue weighted by Crippen LogP contribution is -2.45. The van der Waals surface area contributed by atoms with Gasteiger partial charge in [0.1, 0.15) is 6.04 Å². The van der Waals surface area contributed by atoms with Gasteiger partial charge in [0.05, 0.1) is 13.7 Å². The number of amides is 1. The van der Waals surface area contributed by atoms with E-state index in [2.05, 4.69) is 5.32 Å². The summed E-state index contributed by atoms with van der Waals surface area (Å²) in [5.74, 6) is -0.169. The minimum absolute atomic E-state index is 0.0488. The Hall–Kier alpha value is -1.10. The highest BCUT2D eigenvalue weighted by Gasteiger charge is 2.32. The summed E-state index contributed by atoms with van der Waals surface area (Å²) in [6, 6.07) is 0.0871. The monoisotopic (exact) mass is 282 g/mol. The van der Waals surface area contributed by atoms with Crippen molar-refractivity contribution < 1.29 is 14.3 Å². The van der Waals surface area contributed by atoms with Crippen LogP contribution in [-0.4, -0.2) is 49.1 Å². The molecule has 1 amide bonds. The maximum absolute atomic E-state index is 12.1. The van der Waals surface area contributed by atoms with Crippen LogP contribution in [0.2, 0.25) is 0 Å². The lowest BCUT2D eigenvalue weighted by atomic mass is 10.1. The molecule has 2 fully saturated rings. The maximum Gasteiger partial charge on any atom is 0.323 e. The first-order valence-corrected chi connectivity index (χ1v) is 7.82. The molecule has 5 nitrogen and oxygen atoms in total. The number of nitrogens with one attached hydrogen (secondary N) is 1. The molecular formula is C15H26N2O3. The Morgan fingerprint density at radius 3 is 2.45 bits per heavy atom. The van der Waals surface area contributed by atoms with Crippen molar-refractivity contribution in [1.82, 2.24) is 10.2 Å². The summed E-state index contributed by atoms with van der Waals surface area (Å²) < 4.78 is 4.80. The summed E-state index contributed by atoms with van der Waals surface area (Å²) in [5, 5.41) is 3.13. The zero-order chi connectivity index (χ0) is 14.4. The molecule has 0 radical (unpaired) electrons. The van der Waals surface area contributed by atoms with E-state index in [1.54, 1.807) is 0 Å². The van der Waals surface area contributed by atoms with Crippen LogP contribution in [0.5, 0.6) is 0 Å². The van der Waals surface area contributed by atoms with Gasteiger partial charge in [-0.2, -0.15) is 0 Å². The molecule has 0 aromatic rings. The van der Waals surface area contributed by atoms with Crippen LogP contribution in [0.15, 0.2) is 0 Å². The summed E-state index contributed by atoms with van der Waals surface area (Å²) in [5.41, 5.74) is 0. The van der Waals surface area contributed by atoms with Gasteiger partial charge in [-0.25, -0.2) is 0 Å². The highest BCUT2D eigenvalue weighted by Crippen LogP contribution is 2.19. The standard InChI is InChI=1S/C15H26N2O3/c1-20-15(19)13-9-6-10-17(13)11-14(18)16-12-7-4-2-3-5-8-12/h12-13H,2-11H2,1H3,(H,16,18). The van der Waals surface area contributed by atoms with Gasteiger partial charge in [0, 0.05) is 6.04 Å². The number of carbonyl (C=O) groups is 2. The molecule has 1 heterocycles. The molecule has 2 aliphatic rings. The number of rotatable bonds is 4. The number of hydrogen-bond donors (Lipinski definition) is 1. The van der Waals surface area contributed by atoms with Crippen molar-refractivity contribution in [3.05, 3.63) is 0 Å². The zero-order valence-corrected chi connectivity index (χ0v) is 12.4. The van der Waals surface area contributed by atoms with Crippen LogP contribution < -0.4 is 5.32 Å². The highest BCUT2D eigenvalue weighted by atomic mass is 16.5. The van der Waals surface area contributed by atoms with E-state index in [9.17, 15) is 9.59 Å². The second-order valence-electron chi connectivity index (χ2n) is 5.91. The number of methoxy groups -OCH3 is 1. The summed E-state index contributed by atoms with van der Waals surface area (Å²) in [6.45, 7) is 1.12. The Morgan fingerprint density at radius 1 is 1.10 bits per heavy atom. The van der Waals surface area contributed by atoms with Crippen molar-refractivity contribution in [2.75, 3.05) is 20.2 Å². The summed E-state index contributed by atoms with van der Waals surface area (Å²) in [6.07, 6.45) is 8.91. The third-order valence-electron chi connectivity index (χ3n) is 4.40. The van der Waals surface area contributed by atoms with Crippen molar-refractivity contribution in [2.45, 2.75) is 63.5 Å². The Labute approximate surface area is 121 Å². The van der Waals surface area contributed by atoms with Crippen LogP contribution in [0.1, 0.15) is 51.4 Å². The Morgan fingerprint density at radius 2 is 1.80 bits per heavy atom. The van der Waals surface area contributed by atoms with Crippen molar-refractivity contribution in [3.63, 3.8) is 0 Å². The van der Waals surface area contributed by atoms with Crippen LogP contribution in [0.25, 0.3) is 0 Å². The van der Waals surface area contributed by atoms with Gasteiger partial charge in [0.2, 0.25) is 5.91 Å². The van der Waals surface area contributed by atoms with Crippen LogP contribution >= 0.6 is 0 Å². The van der Waals surface area contributed by atoms with Crippen LogP contribution in [0.4, 0.5) is 0 Å². The van der Waals surface area contributed by atoms with Gasteiger partial charge >= 0.3 is 5.97 Å². The molecule has 1 N–H and O–H groups in total. The molecule has 1 saturated carbocycles. The van der Waals surface area contributed by atoms with E-state index >= 15 is 0 Å². The molecule has 0 spiro atoms. The maximum atomic E-state index is 12.1. The second-order valence-corrected chi connectivity index (χ2v) is 5.91. The highest BCUT2D eigenvalue weighted by molar-refractivity contribution is 5.81. The molecule has 2 rings (SSSR count). The topological polar surface area (TPSA) is 58.6 Å². The lowest BCUT2D eigenvalue weighted by molar-refractivity contribution is -0.146. The molecule has 1 atom stereocenters. The quantitative estimate of drug-likeness (QED) is 0.626. The predicted octanol–water partition coefficient (Wildman–Crippen LogP) is 1.46. The van der Waals surface area contributed by atoms with Gasteiger partial charge in [-0.15, -0.1) is 0 Å². The molecule has 0 bridgehead atoms. The molecule has 1 unspecified atom stereocenters. The summed E-state index contributed by atoms with van der Waals surface area (Å²) in [4.78, 5) is 25.7. The van der Waals surface area contributed by atoms with Crippen LogP contribution in [0, 0.1) is 0 Å². The molecule has 1 saturated heterocycles. The van der Waals surface area contributed by atoms with E-state index in [-0.39, 0.29) is 17.9 Å². The average molecular weight is 282 g/mol. The third kappa shape index (κ3) is 4.20. The molecular weight excluding hydrogens is 256 g/mol. The van der Waals surface area contributed by atoms with Gasteiger partial charge in [0.15, 0.2) is 0 Å². The Balaban J connectivity index is 1.79. The summed E-state index contributed by atoms with van der Waals surface area (Å²) >= 11 is 0. The van der Waals surface area contributed by atoms with Gasteiger partial charge in [-0.05, 0) is 32.2 Å².